The lowest BCUT2D eigenvalue weighted by molar-refractivity contribution is 0.382. The Hall–Kier alpha value is -0.730. The number of hydrogen-bond acceptors (Lipinski definition) is 3. The maximum Gasteiger partial charge on any atom is 0.113 e. The van der Waals surface area contributed by atoms with E-state index in [1.165, 1.54) is 0 Å². The second-order valence-corrected chi connectivity index (χ2v) is 1.72. The van der Waals surface area contributed by atoms with Gasteiger partial charge in [-0.2, -0.15) is 5.10 Å². The van der Waals surface area contributed by atoms with Crippen LogP contribution in [0.4, 0.5) is 0 Å². The van der Waals surface area contributed by atoms with E-state index in [4.69, 9.17) is 0 Å². The third-order valence-corrected chi connectivity index (χ3v) is 1.11. The van der Waals surface area contributed by atoms with E-state index in [-0.39, 0.29) is 0 Å². The van der Waals surface area contributed by atoms with Crippen LogP contribution in [0.15, 0.2) is 5.10 Å². The van der Waals surface area contributed by atoms with E-state index in [9.17, 15) is 0 Å². The van der Waals surface area contributed by atoms with Crippen molar-refractivity contribution in [2.24, 2.45) is 5.10 Å². The lowest BCUT2D eigenvalue weighted by Gasteiger charge is -2.11. The normalized spacial score (nSPS) is 22.7. The maximum atomic E-state index is 3.80. The molecule has 0 bridgehead atoms. The smallest absolute Gasteiger partial charge is 0.113 e. The van der Waals surface area contributed by atoms with Crippen molar-refractivity contribution in [2.45, 2.75) is 26.9 Å². The van der Waals surface area contributed by atoms with Crippen LogP contribution >= 0.6 is 0 Å². The summed E-state index contributed by atoms with van der Waals surface area (Å²) in [5, 5.41) is 3.80. The van der Waals surface area contributed by atoms with E-state index in [1.807, 2.05) is 32.7 Å². The van der Waals surface area contributed by atoms with Crippen molar-refractivity contribution in [1.29, 1.82) is 0 Å². The number of hydrogen-bond donors (Lipinski definition) is 1. The number of rotatable bonds is 0. The molecule has 0 aromatic carbocycles. The lowest BCUT2D eigenvalue weighted by atomic mass is 10.6. The standard InChI is InChI=1S/C4H9N3.C2H6/c1-4-6-5-3-7(4)2;1-2/h3-4,6H,1-2H3;1-2H3. The summed E-state index contributed by atoms with van der Waals surface area (Å²) in [6.07, 6.45) is 2.14. The molecule has 1 unspecified atom stereocenters. The first-order chi connectivity index (χ1) is 4.30. The highest BCUT2D eigenvalue weighted by atomic mass is 15.5. The van der Waals surface area contributed by atoms with Gasteiger partial charge in [0.2, 0.25) is 0 Å². The summed E-state index contributed by atoms with van der Waals surface area (Å²) >= 11 is 0. The molecule has 3 nitrogen and oxygen atoms in total. The molecule has 0 aromatic heterocycles. The molecule has 0 spiro atoms. The summed E-state index contributed by atoms with van der Waals surface area (Å²) in [7, 11) is 1.98. The first kappa shape index (κ1) is 8.27. The molecule has 0 aliphatic carbocycles. The van der Waals surface area contributed by atoms with Crippen LogP contribution in [0.2, 0.25) is 0 Å². The maximum absolute atomic E-state index is 3.80. The highest BCUT2D eigenvalue weighted by Crippen LogP contribution is 1.91. The van der Waals surface area contributed by atoms with Crippen molar-refractivity contribution in [3.8, 4) is 0 Å². The fourth-order valence-electron chi connectivity index (χ4n) is 0.423. The number of nitrogens with zero attached hydrogens (tertiary/aromatic N) is 2. The number of nitrogens with one attached hydrogen (secondary N) is 1. The summed E-state index contributed by atoms with van der Waals surface area (Å²) in [5.74, 6) is 0. The topological polar surface area (TPSA) is 27.6 Å². The van der Waals surface area contributed by atoms with E-state index < -0.39 is 0 Å². The Labute approximate surface area is 56.7 Å². The molecule has 1 heterocycles. The van der Waals surface area contributed by atoms with Gasteiger partial charge in [-0.3, -0.25) is 5.43 Å². The monoisotopic (exact) mass is 129 g/mol. The van der Waals surface area contributed by atoms with E-state index in [2.05, 4.69) is 10.5 Å². The van der Waals surface area contributed by atoms with Gasteiger partial charge in [0.1, 0.15) is 12.5 Å². The molecule has 0 saturated heterocycles. The second-order valence-electron chi connectivity index (χ2n) is 1.72. The van der Waals surface area contributed by atoms with Gasteiger partial charge in [-0.05, 0) is 6.92 Å². The molecule has 1 atom stereocenters. The summed E-state index contributed by atoms with van der Waals surface area (Å²) in [6, 6.07) is 0. The Morgan fingerprint density at radius 2 is 2.11 bits per heavy atom. The van der Waals surface area contributed by atoms with E-state index >= 15 is 0 Å². The molecule has 9 heavy (non-hydrogen) atoms. The minimum absolute atomic E-state index is 0.375. The number of hydrazone groups is 1. The first-order valence-corrected chi connectivity index (χ1v) is 3.31. The summed E-state index contributed by atoms with van der Waals surface area (Å²) < 4.78 is 0. The first-order valence-electron chi connectivity index (χ1n) is 3.31. The van der Waals surface area contributed by atoms with Crippen molar-refractivity contribution in [1.82, 2.24) is 10.3 Å². The van der Waals surface area contributed by atoms with Crippen molar-refractivity contribution in [3.63, 3.8) is 0 Å². The molecule has 1 rings (SSSR count). The molecule has 54 valence electrons. The zero-order chi connectivity index (χ0) is 7.28. The molecule has 0 aromatic rings. The highest BCUT2D eigenvalue weighted by molar-refractivity contribution is 5.56. The summed E-state index contributed by atoms with van der Waals surface area (Å²) in [5.41, 5.74) is 2.86. The van der Waals surface area contributed by atoms with Crippen molar-refractivity contribution >= 4 is 6.34 Å². The summed E-state index contributed by atoms with van der Waals surface area (Å²) in [6.45, 7) is 6.05. The average Bonchev–Trinajstić information content (AvgIpc) is 2.23. The predicted molar refractivity (Wildman–Crippen MR) is 40.2 cm³/mol. The van der Waals surface area contributed by atoms with Crippen LogP contribution in [0.5, 0.6) is 0 Å². The average molecular weight is 129 g/mol. The molecule has 1 aliphatic heterocycles. The molecule has 1 N–H and O–H groups in total. The molecule has 0 radical (unpaired) electrons. The Kier molecular flexibility index (Phi) is 3.84. The van der Waals surface area contributed by atoms with E-state index in [0.29, 0.717) is 6.17 Å². The third-order valence-electron chi connectivity index (χ3n) is 1.11. The Balaban J connectivity index is 0.000000291. The quantitative estimate of drug-likeness (QED) is 0.524. The second kappa shape index (κ2) is 4.18. The van der Waals surface area contributed by atoms with Crippen LogP contribution in [0.3, 0.4) is 0 Å². The van der Waals surface area contributed by atoms with Crippen LogP contribution < -0.4 is 5.43 Å². The Bertz CT molecular complexity index is 90.3. The minimum Gasteiger partial charge on any atom is -0.343 e. The zero-order valence-electron chi connectivity index (χ0n) is 6.55. The highest BCUT2D eigenvalue weighted by Gasteiger charge is 2.06. The minimum atomic E-state index is 0.375. The molecule has 1 aliphatic rings. The molecular weight excluding hydrogens is 114 g/mol. The molecule has 0 saturated carbocycles. The van der Waals surface area contributed by atoms with Crippen LogP contribution in [0, 0.1) is 0 Å². The molecule has 3 heteroatoms. The fraction of sp³-hybridized carbons (Fsp3) is 0.833. The van der Waals surface area contributed by atoms with Crippen LogP contribution in [-0.4, -0.2) is 24.5 Å². The van der Waals surface area contributed by atoms with Crippen molar-refractivity contribution < 1.29 is 0 Å². The largest absolute Gasteiger partial charge is 0.343 e. The molecule has 0 fully saturated rings. The third kappa shape index (κ3) is 2.35. The van der Waals surface area contributed by atoms with Crippen LogP contribution in [-0.2, 0) is 0 Å². The van der Waals surface area contributed by atoms with Gasteiger partial charge in [0.15, 0.2) is 0 Å². The fourth-order valence-corrected chi connectivity index (χ4v) is 0.423. The Morgan fingerprint density at radius 3 is 2.22 bits per heavy atom. The van der Waals surface area contributed by atoms with Crippen LogP contribution in [0.1, 0.15) is 20.8 Å². The van der Waals surface area contributed by atoms with Crippen LogP contribution in [0.25, 0.3) is 0 Å². The Morgan fingerprint density at radius 1 is 1.56 bits per heavy atom. The summed E-state index contributed by atoms with van der Waals surface area (Å²) in [4.78, 5) is 2.00. The van der Waals surface area contributed by atoms with Gasteiger partial charge >= 0.3 is 0 Å². The van der Waals surface area contributed by atoms with Gasteiger partial charge in [0.05, 0.1) is 0 Å². The predicted octanol–water partition coefficient (Wildman–Crippen LogP) is 0.837. The molecular formula is C6H15N3. The van der Waals surface area contributed by atoms with Gasteiger partial charge < -0.3 is 4.90 Å². The van der Waals surface area contributed by atoms with Crippen molar-refractivity contribution in [2.75, 3.05) is 7.05 Å². The van der Waals surface area contributed by atoms with E-state index in [0.717, 1.165) is 0 Å². The lowest BCUT2D eigenvalue weighted by Crippen LogP contribution is -2.29. The SMILES string of the molecule is CC.CC1NN=CN1C. The molecule has 0 amide bonds. The van der Waals surface area contributed by atoms with Gasteiger partial charge in [0.25, 0.3) is 0 Å². The zero-order valence-corrected chi connectivity index (χ0v) is 6.55. The van der Waals surface area contributed by atoms with Gasteiger partial charge in [0, 0.05) is 7.05 Å². The van der Waals surface area contributed by atoms with Gasteiger partial charge in [-0.25, -0.2) is 0 Å². The van der Waals surface area contributed by atoms with Gasteiger partial charge in [-0.1, -0.05) is 13.8 Å². The van der Waals surface area contributed by atoms with Gasteiger partial charge in [-0.15, -0.1) is 0 Å². The van der Waals surface area contributed by atoms with Crippen molar-refractivity contribution in [3.05, 3.63) is 0 Å². The van der Waals surface area contributed by atoms with E-state index in [1.54, 1.807) is 6.34 Å².